The molecule has 0 amide bonds. The molecule has 0 bridgehead atoms. The van der Waals surface area contributed by atoms with Gasteiger partial charge in [0.05, 0.1) is 24.9 Å². The van der Waals surface area contributed by atoms with Crippen molar-refractivity contribution in [2.75, 3.05) is 26.3 Å². The standard InChI is InChI=1S/C16H33NO3/c1-4-14-8-6-7-9-16(14)20-12-15(18)11-17-10-13(3)19-5-2/h13-18H,4-12H2,1-3H3. The predicted molar refractivity (Wildman–Crippen MR) is 82.0 cm³/mol. The van der Waals surface area contributed by atoms with Crippen molar-refractivity contribution in [1.29, 1.82) is 0 Å². The van der Waals surface area contributed by atoms with Crippen molar-refractivity contribution in [2.24, 2.45) is 5.92 Å². The molecule has 0 aromatic heterocycles. The van der Waals surface area contributed by atoms with Crippen LogP contribution in [0.2, 0.25) is 0 Å². The summed E-state index contributed by atoms with van der Waals surface area (Å²) >= 11 is 0. The van der Waals surface area contributed by atoms with Gasteiger partial charge in [0.2, 0.25) is 0 Å². The minimum absolute atomic E-state index is 0.191. The maximum absolute atomic E-state index is 9.95. The molecule has 120 valence electrons. The largest absolute Gasteiger partial charge is 0.389 e. The first-order valence-electron chi connectivity index (χ1n) is 8.29. The van der Waals surface area contributed by atoms with E-state index in [0.717, 1.165) is 19.6 Å². The molecular formula is C16H33NO3. The molecule has 0 radical (unpaired) electrons. The fourth-order valence-corrected chi connectivity index (χ4v) is 2.95. The summed E-state index contributed by atoms with van der Waals surface area (Å²) < 4.78 is 11.4. The van der Waals surface area contributed by atoms with E-state index >= 15 is 0 Å². The van der Waals surface area contributed by atoms with Gasteiger partial charge < -0.3 is 19.9 Å². The molecule has 1 aliphatic carbocycles. The van der Waals surface area contributed by atoms with Crippen molar-refractivity contribution in [3.63, 3.8) is 0 Å². The lowest BCUT2D eigenvalue weighted by molar-refractivity contribution is -0.0504. The molecule has 0 saturated heterocycles. The summed E-state index contributed by atoms with van der Waals surface area (Å²) in [5.41, 5.74) is 0. The summed E-state index contributed by atoms with van der Waals surface area (Å²) in [4.78, 5) is 0. The van der Waals surface area contributed by atoms with Gasteiger partial charge >= 0.3 is 0 Å². The zero-order valence-corrected chi connectivity index (χ0v) is 13.4. The van der Waals surface area contributed by atoms with E-state index in [9.17, 15) is 5.11 Å². The van der Waals surface area contributed by atoms with Crippen LogP contribution in [0.25, 0.3) is 0 Å². The van der Waals surface area contributed by atoms with Gasteiger partial charge in [-0.25, -0.2) is 0 Å². The lowest BCUT2D eigenvalue weighted by Crippen LogP contribution is -2.37. The zero-order chi connectivity index (χ0) is 14.8. The highest BCUT2D eigenvalue weighted by atomic mass is 16.5. The van der Waals surface area contributed by atoms with E-state index in [1.54, 1.807) is 0 Å². The van der Waals surface area contributed by atoms with Crippen molar-refractivity contribution < 1.29 is 14.6 Å². The Morgan fingerprint density at radius 3 is 2.65 bits per heavy atom. The Morgan fingerprint density at radius 1 is 1.20 bits per heavy atom. The second-order valence-corrected chi connectivity index (χ2v) is 5.90. The van der Waals surface area contributed by atoms with Gasteiger partial charge in [0, 0.05) is 19.7 Å². The molecule has 0 heterocycles. The van der Waals surface area contributed by atoms with Crippen LogP contribution in [0, 0.1) is 5.92 Å². The first-order chi connectivity index (χ1) is 9.67. The SMILES string of the molecule is CCOC(C)CNCC(O)COC1CCCCC1CC. The van der Waals surface area contributed by atoms with Gasteiger partial charge in [-0.1, -0.05) is 26.2 Å². The number of aliphatic hydroxyl groups is 1. The lowest BCUT2D eigenvalue weighted by Gasteiger charge is -2.31. The van der Waals surface area contributed by atoms with E-state index in [2.05, 4.69) is 12.2 Å². The smallest absolute Gasteiger partial charge is 0.0897 e. The van der Waals surface area contributed by atoms with E-state index in [1.165, 1.54) is 25.7 Å². The van der Waals surface area contributed by atoms with Crippen molar-refractivity contribution in [2.45, 2.75) is 71.2 Å². The fourth-order valence-electron chi connectivity index (χ4n) is 2.95. The molecule has 4 nitrogen and oxygen atoms in total. The Morgan fingerprint density at radius 2 is 1.95 bits per heavy atom. The van der Waals surface area contributed by atoms with Crippen molar-refractivity contribution >= 4 is 0 Å². The number of rotatable bonds is 10. The Bertz CT molecular complexity index is 238. The third-order valence-corrected chi connectivity index (χ3v) is 4.13. The number of hydrogen-bond acceptors (Lipinski definition) is 4. The van der Waals surface area contributed by atoms with Gasteiger partial charge in [0.15, 0.2) is 0 Å². The Labute approximate surface area is 124 Å². The second kappa shape index (κ2) is 10.6. The van der Waals surface area contributed by atoms with E-state index in [0.29, 0.717) is 25.2 Å². The number of aliphatic hydroxyl groups excluding tert-OH is 1. The molecular weight excluding hydrogens is 254 g/mol. The molecule has 4 heteroatoms. The zero-order valence-electron chi connectivity index (χ0n) is 13.4. The van der Waals surface area contributed by atoms with Crippen LogP contribution in [0.4, 0.5) is 0 Å². The minimum atomic E-state index is -0.428. The average molecular weight is 287 g/mol. The molecule has 4 unspecified atom stereocenters. The summed E-state index contributed by atoms with van der Waals surface area (Å²) in [6.45, 7) is 8.78. The third-order valence-electron chi connectivity index (χ3n) is 4.13. The van der Waals surface area contributed by atoms with Gasteiger partial charge in [-0.15, -0.1) is 0 Å². The van der Waals surface area contributed by atoms with E-state index in [1.807, 2.05) is 13.8 Å². The van der Waals surface area contributed by atoms with Crippen LogP contribution in [-0.2, 0) is 9.47 Å². The monoisotopic (exact) mass is 287 g/mol. The molecule has 2 N–H and O–H groups in total. The lowest BCUT2D eigenvalue weighted by atomic mass is 9.85. The molecule has 1 aliphatic rings. The van der Waals surface area contributed by atoms with Crippen LogP contribution in [0.3, 0.4) is 0 Å². The molecule has 1 fully saturated rings. The number of nitrogens with one attached hydrogen (secondary N) is 1. The van der Waals surface area contributed by atoms with Crippen LogP contribution in [0.15, 0.2) is 0 Å². The molecule has 0 aromatic carbocycles. The van der Waals surface area contributed by atoms with Crippen LogP contribution in [0.1, 0.15) is 52.9 Å². The summed E-state index contributed by atoms with van der Waals surface area (Å²) in [5, 5.41) is 13.2. The van der Waals surface area contributed by atoms with Crippen LogP contribution in [0.5, 0.6) is 0 Å². The van der Waals surface area contributed by atoms with Crippen molar-refractivity contribution in [1.82, 2.24) is 5.32 Å². The molecule has 4 atom stereocenters. The first-order valence-corrected chi connectivity index (χ1v) is 8.29. The van der Waals surface area contributed by atoms with E-state index in [-0.39, 0.29) is 6.10 Å². The summed E-state index contributed by atoms with van der Waals surface area (Å²) in [6.07, 6.45) is 6.33. The highest BCUT2D eigenvalue weighted by Crippen LogP contribution is 2.29. The quantitative estimate of drug-likeness (QED) is 0.647. The average Bonchev–Trinajstić information content (AvgIpc) is 2.45. The van der Waals surface area contributed by atoms with Gasteiger partial charge in [-0.3, -0.25) is 0 Å². The fraction of sp³-hybridized carbons (Fsp3) is 1.00. The van der Waals surface area contributed by atoms with Crippen LogP contribution < -0.4 is 5.32 Å². The molecule has 0 aliphatic heterocycles. The highest BCUT2D eigenvalue weighted by molar-refractivity contribution is 4.75. The van der Waals surface area contributed by atoms with E-state index < -0.39 is 6.10 Å². The third kappa shape index (κ3) is 7.02. The topological polar surface area (TPSA) is 50.7 Å². The molecule has 0 aromatic rings. The molecule has 1 rings (SSSR count). The second-order valence-electron chi connectivity index (χ2n) is 5.90. The highest BCUT2D eigenvalue weighted by Gasteiger charge is 2.24. The number of hydrogen-bond donors (Lipinski definition) is 2. The molecule has 20 heavy (non-hydrogen) atoms. The Kier molecular flexibility index (Phi) is 9.44. The summed E-state index contributed by atoms with van der Waals surface area (Å²) in [7, 11) is 0. The van der Waals surface area contributed by atoms with E-state index in [4.69, 9.17) is 9.47 Å². The maximum atomic E-state index is 9.95. The molecule has 0 spiro atoms. The van der Waals surface area contributed by atoms with Gasteiger partial charge in [-0.05, 0) is 32.6 Å². The normalized spacial score (nSPS) is 26.4. The summed E-state index contributed by atoms with van der Waals surface area (Å²) in [6, 6.07) is 0. The summed E-state index contributed by atoms with van der Waals surface area (Å²) in [5.74, 6) is 0.682. The maximum Gasteiger partial charge on any atom is 0.0897 e. The van der Waals surface area contributed by atoms with Crippen LogP contribution >= 0.6 is 0 Å². The predicted octanol–water partition coefficient (Wildman–Crippen LogP) is 2.35. The Balaban J connectivity index is 2.11. The Hall–Kier alpha value is -0.160. The van der Waals surface area contributed by atoms with Gasteiger partial charge in [0.1, 0.15) is 0 Å². The first kappa shape index (κ1) is 17.9. The van der Waals surface area contributed by atoms with Gasteiger partial charge in [0.25, 0.3) is 0 Å². The van der Waals surface area contributed by atoms with Crippen molar-refractivity contribution in [3.8, 4) is 0 Å². The number of ether oxygens (including phenoxy) is 2. The van der Waals surface area contributed by atoms with Gasteiger partial charge in [-0.2, -0.15) is 0 Å². The van der Waals surface area contributed by atoms with Crippen LogP contribution in [-0.4, -0.2) is 49.7 Å². The molecule has 1 saturated carbocycles. The van der Waals surface area contributed by atoms with Crippen molar-refractivity contribution in [3.05, 3.63) is 0 Å². The minimum Gasteiger partial charge on any atom is -0.389 e.